The molecule has 304 valence electrons. The van der Waals surface area contributed by atoms with Crippen LogP contribution < -0.4 is 0 Å². The molecule has 0 aliphatic heterocycles. The molecule has 11 nitrogen and oxygen atoms in total. The molecule has 0 bridgehead atoms. The Morgan fingerprint density at radius 3 is 1.79 bits per heavy atom. The summed E-state index contributed by atoms with van der Waals surface area (Å²) < 4.78 is 26.1. The van der Waals surface area contributed by atoms with E-state index in [9.17, 15) is 29.5 Å². The van der Waals surface area contributed by atoms with Gasteiger partial charge in [-0.3, -0.25) is 14.1 Å². The monoisotopic (exact) mass is 768 g/mol. The highest BCUT2D eigenvalue weighted by molar-refractivity contribution is 7.46. The van der Waals surface area contributed by atoms with Gasteiger partial charge in [0.25, 0.3) is 0 Å². The van der Waals surface area contributed by atoms with Gasteiger partial charge in [-0.1, -0.05) is 145 Å². The van der Waals surface area contributed by atoms with Crippen molar-refractivity contribution in [3.05, 3.63) is 72.9 Å². The summed E-state index contributed by atoms with van der Waals surface area (Å²) in [5.74, 6) is -1.24. The van der Waals surface area contributed by atoms with Gasteiger partial charge in [0.15, 0.2) is 6.10 Å². The van der Waals surface area contributed by atoms with Gasteiger partial charge in [-0.15, -0.1) is 0 Å². The number of esters is 2. The lowest BCUT2D eigenvalue weighted by Gasteiger charge is -2.19. The number of phosphoric acid groups is 1. The topological polar surface area (TPSA) is 180 Å². The minimum Gasteiger partial charge on any atom is -0.462 e. The molecule has 0 aliphatic carbocycles. The van der Waals surface area contributed by atoms with Crippen molar-refractivity contribution in [1.82, 2.24) is 0 Å². The third-order valence-electron chi connectivity index (χ3n) is 8.09. The molecule has 4 atom stereocenters. The first-order chi connectivity index (χ1) is 25.5. The summed E-state index contributed by atoms with van der Waals surface area (Å²) in [5.41, 5.74) is 0. The van der Waals surface area contributed by atoms with E-state index in [0.29, 0.717) is 6.42 Å². The summed E-state index contributed by atoms with van der Waals surface area (Å²) in [6.45, 7) is 3.24. The van der Waals surface area contributed by atoms with E-state index >= 15 is 0 Å². The van der Waals surface area contributed by atoms with Crippen molar-refractivity contribution in [3.8, 4) is 0 Å². The largest absolute Gasteiger partial charge is 0.469 e. The van der Waals surface area contributed by atoms with Crippen molar-refractivity contribution in [2.24, 2.45) is 0 Å². The highest BCUT2D eigenvalue weighted by atomic mass is 31.2. The Morgan fingerprint density at radius 2 is 1.15 bits per heavy atom. The van der Waals surface area contributed by atoms with E-state index in [4.69, 9.17) is 19.3 Å². The second-order valence-electron chi connectivity index (χ2n) is 13.1. The first kappa shape index (κ1) is 50.4. The molecule has 0 heterocycles. The van der Waals surface area contributed by atoms with Crippen LogP contribution in [0.15, 0.2) is 72.9 Å². The zero-order chi connectivity index (χ0) is 39.4. The van der Waals surface area contributed by atoms with Crippen molar-refractivity contribution >= 4 is 19.8 Å². The van der Waals surface area contributed by atoms with Gasteiger partial charge in [0.05, 0.1) is 24.9 Å². The van der Waals surface area contributed by atoms with Crippen molar-refractivity contribution in [1.29, 1.82) is 0 Å². The predicted octanol–water partition coefficient (Wildman–Crippen LogP) is 8.42. The van der Waals surface area contributed by atoms with Crippen LogP contribution in [0.1, 0.15) is 136 Å². The lowest BCUT2D eigenvalue weighted by Crippen LogP contribution is -2.29. The van der Waals surface area contributed by atoms with Gasteiger partial charge in [0.2, 0.25) is 0 Å². The Morgan fingerprint density at radius 1 is 0.604 bits per heavy atom. The maximum atomic E-state index is 12.4. The van der Waals surface area contributed by atoms with E-state index in [1.807, 2.05) is 0 Å². The van der Waals surface area contributed by atoms with E-state index in [0.717, 1.165) is 64.2 Å². The Labute approximate surface area is 318 Å². The van der Waals surface area contributed by atoms with Crippen LogP contribution in [0.5, 0.6) is 0 Å². The molecule has 53 heavy (non-hydrogen) atoms. The maximum Gasteiger partial charge on any atom is 0.469 e. The molecular formula is C41H69O11P. The number of aliphatic hydroxyl groups excluding tert-OH is 3. The van der Waals surface area contributed by atoms with Crippen molar-refractivity contribution in [2.45, 2.75) is 160 Å². The van der Waals surface area contributed by atoms with Gasteiger partial charge < -0.3 is 34.6 Å². The second kappa shape index (κ2) is 35.1. The Balaban J connectivity index is 4.36. The van der Waals surface area contributed by atoms with Crippen molar-refractivity contribution in [2.75, 3.05) is 13.2 Å². The number of unbranched alkanes of at least 4 members (excludes halogenated alkanes) is 11. The summed E-state index contributed by atoms with van der Waals surface area (Å²) in [6.07, 6.45) is 34.2. The highest BCUT2D eigenvalue weighted by Crippen LogP contribution is 2.36. The van der Waals surface area contributed by atoms with E-state index in [1.165, 1.54) is 31.8 Å². The van der Waals surface area contributed by atoms with Crippen LogP contribution in [0.4, 0.5) is 0 Å². The molecule has 0 radical (unpaired) electrons. The lowest BCUT2D eigenvalue weighted by molar-refractivity contribution is -0.161. The average Bonchev–Trinajstić information content (AvgIpc) is 3.11. The molecule has 0 amide bonds. The zero-order valence-electron chi connectivity index (χ0n) is 32.2. The Kier molecular flexibility index (Phi) is 33.4. The normalized spacial score (nSPS) is 15.1. The number of allylic oxidation sites excluding steroid dienone is 10. The minimum atomic E-state index is -4.86. The summed E-state index contributed by atoms with van der Waals surface area (Å²) in [6, 6.07) is 0. The van der Waals surface area contributed by atoms with E-state index in [1.54, 1.807) is 42.5 Å². The number of carbonyl (C=O) groups excluding carboxylic acids is 2. The number of carbonyl (C=O) groups is 2. The number of rotatable bonds is 34. The maximum absolute atomic E-state index is 12.4. The lowest BCUT2D eigenvalue weighted by atomic mass is 10.1. The Bertz CT molecular complexity index is 1140. The molecule has 5 N–H and O–H groups in total. The van der Waals surface area contributed by atoms with Crippen LogP contribution in [-0.2, 0) is 28.2 Å². The number of hydrogen-bond acceptors (Lipinski definition) is 9. The fraction of sp³-hybridized carbons (Fsp3) is 0.659. The first-order valence-electron chi connectivity index (χ1n) is 19.6. The fourth-order valence-corrected chi connectivity index (χ4v) is 5.34. The Hall–Kier alpha value is -2.63. The summed E-state index contributed by atoms with van der Waals surface area (Å²) in [5, 5.41) is 30.3. The number of ether oxygens (including phenoxy) is 2. The van der Waals surface area contributed by atoms with Crippen LogP contribution >= 0.6 is 7.82 Å². The van der Waals surface area contributed by atoms with Crippen LogP contribution in [0.3, 0.4) is 0 Å². The smallest absolute Gasteiger partial charge is 0.462 e. The molecule has 0 spiro atoms. The molecule has 12 heteroatoms. The molecular weight excluding hydrogens is 699 g/mol. The molecule has 0 fully saturated rings. The second-order valence-corrected chi connectivity index (χ2v) is 14.4. The van der Waals surface area contributed by atoms with Gasteiger partial charge in [0, 0.05) is 12.8 Å². The van der Waals surface area contributed by atoms with Gasteiger partial charge >= 0.3 is 19.8 Å². The van der Waals surface area contributed by atoms with Crippen LogP contribution in [0, 0.1) is 0 Å². The molecule has 0 aliphatic rings. The quantitative estimate of drug-likeness (QED) is 0.0184. The first-order valence-corrected chi connectivity index (χ1v) is 21.1. The third kappa shape index (κ3) is 36.1. The summed E-state index contributed by atoms with van der Waals surface area (Å²) in [7, 11) is -4.86. The highest BCUT2D eigenvalue weighted by Gasteiger charge is 2.23. The van der Waals surface area contributed by atoms with E-state index in [2.05, 4.69) is 42.7 Å². The van der Waals surface area contributed by atoms with Gasteiger partial charge in [-0.05, 0) is 51.4 Å². The van der Waals surface area contributed by atoms with Crippen LogP contribution in [0.2, 0.25) is 0 Å². The molecule has 0 aromatic heterocycles. The van der Waals surface area contributed by atoms with E-state index in [-0.39, 0.29) is 25.7 Å². The molecule has 0 unspecified atom stereocenters. The predicted molar refractivity (Wildman–Crippen MR) is 211 cm³/mol. The van der Waals surface area contributed by atoms with Gasteiger partial charge in [-0.2, -0.15) is 0 Å². The summed E-state index contributed by atoms with van der Waals surface area (Å²) in [4.78, 5) is 42.8. The van der Waals surface area contributed by atoms with Crippen LogP contribution in [0.25, 0.3) is 0 Å². The SMILES string of the molecule is CCCCCC/C=C\C=C/CCCCCCCC(=O)OC[C@H](COP(=O)(O)O)OC(=O)CCC[C@H](O)[C@@H](O)/C=C/C=C/C=C\C=C\[C@@H](O)CCCCC. The molecule has 0 aromatic rings. The fourth-order valence-electron chi connectivity index (χ4n) is 4.98. The van der Waals surface area contributed by atoms with E-state index < -0.39 is 57.4 Å². The van der Waals surface area contributed by atoms with Gasteiger partial charge in [0.1, 0.15) is 6.61 Å². The number of hydrogen-bond donors (Lipinski definition) is 5. The van der Waals surface area contributed by atoms with Crippen molar-refractivity contribution in [3.63, 3.8) is 0 Å². The third-order valence-corrected chi connectivity index (χ3v) is 8.58. The average molecular weight is 769 g/mol. The van der Waals surface area contributed by atoms with Gasteiger partial charge in [-0.25, -0.2) is 4.57 Å². The standard InChI is InChI=1S/C41H69O11P/c1-3-5-7-8-9-10-11-12-13-14-15-16-17-22-26-32-40(45)50-34-37(35-51-53(47,48)49)52-41(46)33-27-31-39(44)38(43)30-25-21-19-18-20-24-29-36(42)28-23-6-4-2/h10-13,18-21,24-25,29-30,36-39,42-44H,3-9,14-17,22-23,26-28,31-35H2,1-2H3,(H2,47,48,49)/b11-10-,13-12-,20-18-,21-19+,29-24+,30-25+/t36-,37+,38-,39-/m0/s1. The number of aliphatic hydroxyl groups is 3. The molecule has 0 aromatic carbocycles. The van der Waals surface area contributed by atoms with Crippen molar-refractivity contribution < 1.29 is 53.3 Å². The van der Waals surface area contributed by atoms with Crippen LogP contribution in [-0.4, -0.2) is 74.7 Å². The summed E-state index contributed by atoms with van der Waals surface area (Å²) >= 11 is 0. The number of phosphoric ester groups is 1. The zero-order valence-corrected chi connectivity index (χ0v) is 33.1. The molecule has 0 saturated heterocycles. The molecule has 0 saturated carbocycles. The minimum absolute atomic E-state index is 0.0849. The molecule has 0 rings (SSSR count).